The Morgan fingerprint density at radius 2 is 1.90 bits per heavy atom. The summed E-state index contributed by atoms with van der Waals surface area (Å²) in [4.78, 5) is 15.1. The average Bonchev–Trinajstić information content (AvgIpc) is 3.28. The minimum Gasteiger partial charge on any atom is -0.477 e. The summed E-state index contributed by atoms with van der Waals surface area (Å²) in [5.41, 5.74) is 3.56. The maximum absolute atomic E-state index is 12.9. The van der Waals surface area contributed by atoms with Gasteiger partial charge >= 0.3 is 0 Å². The monoisotopic (exact) mass is 421 g/mol. The number of rotatable bonds is 3. The van der Waals surface area contributed by atoms with E-state index in [1.807, 2.05) is 56.3 Å². The number of nitrogens with zero attached hydrogens (tertiary/aromatic N) is 1. The predicted molar refractivity (Wildman–Crippen MR) is 114 cm³/mol. The lowest BCUT2D eigenvalue weighted by Crippen LogP contribution is -2.32. The number of hydrogen-bond acceptors (Lipinski definition) is 5. The van der Waals surface area contributed by atoms with Gasteiger partial charge in [0.2, 0.25) is 5.78 Å². The molecule has 0 atom stereocenters. The molecule has 6 heteroatoms. The molecule has 0 radical (unpaired) electrons. The van der Waals surface area contributed by atoms with Gasteiger partial charge in [-0.2, -0.15) is 0 Å². The quantitative estimate of drug-likeness (QED) is 0.521. The first-order valence-electron chi connectivity index (χ1n) is 9.74. The Balaban J connectivity index is 1.41. The highest BCUT2D eigenvalue weighted by Gasteiger charge is 2.33. The molecule has 30 heavy (non-hydrogen) atoms. The third-order valence-electron chi connectivity index (χ3n) is 5.36. The molecule has 0 spiro atoms. The number of carbonyl (C=O) groups is 1. The molecule has 5 nitrogen and oxygen atoms in total. The molecule has 0 saturated heterocycles. The van der Waals surface area contributed by atoms with E-state index in [1.54, 1.807) is 6.08 Å². The molecular formula is C24H20ClNO4. The first-order chi connectivity index (χ1) is 14.5. The fraction of sp³-hybridized carbons (Fsp3) is 0.208. The van der Waals surface area contributed by atoms with E-state index in [1.165, 1.54) is 0 Å². The van der Waals surface area contributed by atoms with E-state index in [0.717, 1.165) is 39.8 Å². The SMILES string of the molecule is Cc1ccc(/C=C2\Oc3c(cc4c(c3C)OCN(Cc3ccc(Cl)cc3)C4)C2=O)o1. The third-order valence-corrected chi connectivity index (χ3v) is 5.61. The van der Waals surface area contributed by atoms with Crippen LogP contribution in [0.1, 0.15) is 38.6 Å². The number of aryl methyl sites for hydroxylation is 1. The Labute approximate surface area is 179 Å². The summed E-state index contributed by atoms with van der Waals surface area (Å²) in [6.45, 7) is 5.69. The lowest BCUT2D eigenvalue weighted by atomic mass is 10.00. The topological polar surface area (TPSA) is 51.9 Å². The van der Waals surface area contributed by atoms with Crippen LogP contribution in [0.25, 0.3) is 6.08 Å². The van der Waals surface area contributed by atoms with Crippen LogP contribution in [0.3, 0.4) is 0 Å². The van der Waals surface area contributed by atoms with Gasteiger partial charge in [-0.25, -0.2) is 0 Å². The Bertz CT molecular complexity index is 1180. The number of hydrogen-bond donors (Lipinski definition) is 0. The van der Waals surface area contributed by atoms with Crippen molar-refractivity contribution in [3.63, 3.8) is 0 Å². The minimum atomic E-state index is -0.139. The first-order valence-corrected chi connectivity index (χ1v) is 10.1. The van der Waals surface area contributed by atoms with E-state index in [4.69, 9.17) is 25.5 Å². The van der Waals surface area contributed by atoms with Crippen LogP contribution >= 0.6 is 11.6 Å². The number of ether oxygens (including phenoxy) is 2. The highest BCUT2D eigenvalue weighted by atomic mass is 35.5. The Hall–Kier alpha value is -3.02. The van der Waals surface area contributed by atoms with E-state index in [9.17, 15) is 4.79 Å². The smallest absolute Gasteiger partial charge is 0.232 e. The lowest BCUT2D eigenvalue weighted by Gasteiger charge is -2.30. The highest BCUT2D eigenvalue weighted by Crippen LogP contribution is 2.43. The molecule has 0 unspecified atom stereocenters. The lowest BCUT2D eigenvalue weighted by molar-refractivity contribution is 0.0876. The first kappa shape index (κ1) is 19.0. The number of ketones is 1. The molecule has 3 aromatic rings. The summed E-state index contributed by atoms with van der Waals surface area (Å²) in [5, 5.41) is 0.720. The van der Waals surface area contributed by atoms with Crippen LogP contribution in [-0.4, -0.2) is 17.4 Å². The van der Waals surface area contributed by atoms with E-state index >= 15 is 0 Å². The molecule has 2 aromatic carbocycles. The van der Waals surface area contributed by atoms with Crippen LogP contribution in [0, 0.1) is 13.8 Å². The van der Waals surface area contributed by atoms with Gasteiger partial charge in [-0.15, -0.1) is 0 Å². The largest absolute Gasteiger partial charge is 0.477 e. The minimum absolute atomic E-state index is 0.139. The van der Waals surface area contributed by atoms with Crippen LogP contribution in [0.2, 0.25) is 5.02 Å². The van der Waals surface area contributed by atoms with Gasteiger partial charge in [0.25, 0.3) is 0 Å². The Morgan fingerprint density at radius 3 is 2.63 bits per heavy atom. The molecule has 0 bridgehead atoms. The van der Waals surface area contributed by atoms with Crippen molar-refractivity contribution >= 4 is 23.5 Å². The van der Waals surface area contributed by atoms with Gasteiger partial charge in [-0.3, -0.25) is 9.69 Å². The zero-order valence-electron chi connectivity index (χ0n) is 16.7. The fourth-order valence-electron chi connectivity index (χ4n) is 3.91. The summed E-state index contributed by atoms with van der Waals surface area (Å²) in [6, 6.07) is 13.4. The zero-order valence-corrected chi connectivity index (χ0v) is 17.5. The second kappa shape index (κ2) is 7.35. The van der Waals surface area contributed by atoms with Crippen LogP contribution in [0.15, 0.2) is 52.6 Å². The fourth-order valence-corrected chi connectivity index (χ4v) is 4.03. The van der Waals surface area contributed by atoms with Crippen molar-refractivity contribution in [1.82, 2.24) is 4.90 Å². The van der Waals surface area contributed by atoms with E-state index < -0.39 is 0 Å². The normalized spacial score (nSPS) is 16.9. The number of fused-ring (bicyclic) bond motifs is 2. The van der Waals surface area contributed by atoms with E-state index in [2.05, 4.69) is 4.90 Å². The highest BCUT2D eigenvalue weighted by molar-refractivity contribution is 6.30. The standard InChI is InChI=1S/C24H20ClNO4/c1-14-3-8-19(29-14)10-21-22(27)20-9-17-12-26(11-16-4-6-18(25)7-5-16)13-28-23(17)15(2)24(20)30-21/h3-10H,11-13H2,1-2H3/b21-10-. The molecule has 1 aromatic heterocycles. The van der Waals surface area contributed by atoms with Gasteiger partial charge in [-0.1, -0.05) is 23.7 Å². The van der Waals surface area contributed by atoms with Crippen molar-refractivity contribution in [2.24, 2.45) is 0 Å². The number of furan rings is 1. The average molecular weight is 422 g/mol. The van der Waals surface area contributed by atoms with E-state index in [0.29, 0.717) is 30.3 Å². The van der Waals surface area contributed by atoms with Crippen LogP contribution in [-0.2, 0) is 13.1 Å². The van der Waals surface area contributed by atoms with Gasteiger partial charge in [-0.05, 0) is 49.7 Å². The van der Waals surface area contributed by atoms with Crippen molar-refractivity contribution in [3.05, 3.63) is 87.0 Å². The molecule has 2 aliphatic rings. The van der Waals surface area contributed by atoms with Crippen molar-refractivity contribution in [2.75, 3.05) is 6.73 Å². The van der Waals surface area contributed by atoms with Crippen molar-refractivity contribution in [3.8, 4) is 11.5 Å². The molecule has 0 fully saturated rings. The summed E-state index contributed by atoms with van der Waals surface area (Å²) >= 11 is 5.98. The van der Waals surface area contributed by atoms with Gasteiger partial charge in [0.1, 0.15) is 29.8 Å². The summed E-state index contributed by atoms with van der Waals surface area (Å²) < 4.78 is 17.5. The van der Waals surface area contributed by atoms with Crippen molar-refractivity contribution in [2.45, 2.75) is 26.9 Å². The molecule has 3 heterocycles. The van der Waals surface area contributed by atoms with E-state index in [-0.39, 0.29) is 11.5 Å². The molecule has 0 N–H and O–H groups in total. The second-order valence-electron chi connectivity index (χ2n) is 7.64. The Morgan fingerprint density at radius 1 is 1.10 bits per heavy atom. The summed E-state index contributed by atoms with van der Waals surface area (Å²) in [7, 11) is 0. The number of allylic oxidation sites excluding steroid dienone is 1. The van der Waals surface area contributed by atoms with Crippen LogP contribution < -0.4 is 9.47 Å². The number of halogens is 1. The van der Waals surface area contributed by atoms with Crippen molar-refractivity contribution < 1.29 is 18.7 Å². The Kier molecular flexibility index (Phi) is 4.65. The van der Waals surface area contributed by atoms with Gasteiger partial charge in [0, 0.05) is 35.3 Å². The van der Waals surface area contributed by atoms with Gasteiger partial charge < -0.3 is 13.9 Å². The summed E-state index contributed by atoms with van der Waals surface area (Å²) in [6.07, 6.45) is 1.64. The molecule has 5 rings (SSSR count). The van der Waals surface area contributed by atoms with Crippen LogP contribution in [0.4, 0.5) is 0 Å². The third kappa shape index (κ3) is 3.40. The van der Waals surface area contributed by atoms with Gasteiger partial charge in [0.05, 0.1) is 5.56 Å². The molecule has 0 saturated carbocycles. The maximum Gasteiger partial charge on any atom is 0.232 e. The summed E-state index contributed by atoms with van der Waals surface area (Å²) in [5.74, 6) is 2.87. The van der Waals surface area contributed by atoms with Crippen molar-refractivity contribution in [1.29, 1.82) is 0 Å². The zero-order chi connectivity index (χ0) is 20.8. The molecule has 2 aliphatic heterocycles. The van der Waals surface area contributed by atoms with Crippen LogP contribution in [0.5, 0.6) is 11.5 Å². The molecule has 152 valence electrons. The number of benzene rings is 2. The maximum atomic E-state index is 12.9. The van der Waals surface area contributed by atoms with Gasteiger partial charge in [0.15, 0.2) is 5.76 Å². The molecule has 0 aliphatic carbocycles. The molecule has 0 amide bonds. The number of carbonyl (C=O) groups excluding carboxylic acids is 1. The predicted octanol–water partition coefficient (Wildman–Crippen LogP) is 5.52. The second-order valence-corrected chi connectivity index (χ2v) is 8.08. The molecular weight excluding hydrogens is 402 g/mol. The number of Topliss-reactive ketones (excluding diaryl/α,β-unsaturated/α-hetero) is 1.